The van der Waals surface area contributed by atoms with Gasteiger partial charge >= 0.3 is 5.97 Å². The van der Waals surface area contributed by atoms with Gasteiger partial charge in [-0.05, 0) is 42.5 Å². The van der Waals surface area contributed by atoms with Gasteiger partial charge in [0.2, 0.25) is 0 Å². The summed E-state index contributed by atoms with van der Waals surface area (Å²) in [6.07, 6.45) is 3.32. The fourth-order valence-electron chi connectivity index (χ4n) is 2.98. The second-order valence-electron chi connectivity index (χ2n) is 5.30. The van der Waals surface area contributed by atoms with Gasteiger partial charge in [-0.15, -0.1) is 0 Å². The Balaban J connectivity index is 1.66. The first kappa shape index (κ1) is 12.2. The Morgan fingerprint density at radius 2 is 2.11 bits per heavy atom. The first-order valence-corrected chi connectivity index (χ1v) is 7.17. The van der Waals surface area contributed by atoms with Crippen molar-refractivity contribution in [3.05, 3.63) is 33.8 Å². The summed E-state index contributed by atoms with van der Waals surface area (Å²) in [6.45, 7) is 1.46. The Bertz CT molecular complexity index is 483. The van der Waals surface area contributed by atoms with Crippen LogP contribution in [0.15, 0.2) is 22.7 Å². The van der Waals surface area contributed by atoms with Gasteiger partial charge in [0, 0.05) is 23.6 Å². The van der Waals surface area contributed by atoms with Gasteiger partial charge in [-0.3, -0.25) is 9.69 Å². The molecule has 1 heterocycles. The maximum absolute atomic E-state index is 10.8. The molecule has 3 rings (SSSR count). The fraction of sp³-hybridized carbons (Fsp3) is 0.500. The quantitative estimate of drug-likeness (QED) is 0.911. The van der Waals surface area contributed by atoms with Gasteiger partial charge in [-0.1, -0.05) is 22.0 Å². The number of nitrogens with zero attached hydrogens (tertiary/aromatic N) is 1. The lowest BCUT2D eigenvalue weighted by Gasteiger charge is -2.44. The average Bonchev–Trinajstić information content (AvgIpc) is 2.26. The molecule has 0 aromatic heterocycles. The molecule has 0 radical (unpaired) electrons. The van der Waals surface area contributed by atoms with Crippen molar-refractivity contribution in [2.24, 2.45) is 5.92 Å². The highest BCUT2D eigenvalue weighted by Crippen LogP contribution is 2.30. The van der Waals surface area contributed by atoms with Crippen LogP contribution in [0.4, 0.5) is 0 Å². The molecular weight excluding hydrogens is 294 g/mol. The van der Waals surface area contributed by atoms with Crippen LogP contribution >= 0.6 is 15.9 Å². The van der Waals surface area contributed by atoms with E-state index in [0.29, 0.717) is 6.04 Å². The van der Waals surface area contributed by atoms with Crippen LogP contribution in [-0.4, -0.2) is 35.1 Å². The normalized spacial score (nSPS) is 24.4. The third-order valence-electron chi connectivity index (χ3n) is 4.15. The van der Waals surface area contributed by atoms with E-state index in [1.807, 2.05) is 0 Å². The van der Waals surface area contributed by atoms with Crippen molar-refractivity contribution in [2.45, 2.75) is 25.3 Å². The van der Waals surface area contributed by atoms with Crippen molar-refractivity contribution >= 4 is 21.9 Å². The van der Waals surface area contributed by atoms with E-state index in [1.165, 1.54) is 11.1 Å². The number of rotatable bonds is 2. The standard InChI is InChI=1S/C14H16BrNO2/c15-12-3-1-10-6-13(4-2-9(10)5-12)16-7-11(8-16)14(17)18/h1,3,5,11,13H,2,4,6-8H2,(H,17,18). The van der Waals surface area contributed by atoms with Crippen LogP contribution in [0.1, 0.15) is 17.5 Å². The van der Waals surface area contributed by atoms with Gasteiger partial charge < -0.3 is 5.11 Å². The molecule has 1 saturated heterocycles. The number of aliphatic carboxylic acids is 1. The monoisotopic (exact) mass is 309 g/mol. The summed E-state index contributed by atoms with van der Waals surface area (Å²) in [5, 5.41) is 8.91. The van der Waals surface area contributed by atoms with Crippen LogP contribution in [-0.2, 0) is 17.6 Å². The molecule has 1 N–H and O–H groups in total. The molecule has 3 nitrogen and oxygen atoms in total. The van der Waals surface area contributed by atoms with Crippen molar-refractivity contribution in [1.29, 1.82) is 0 Å². The highest BCUT2D eigenvalue weighted by atomic mass is 79.9. The number of carboxylic acids is 1. The van der Waals surface area contributed by atoms with E-state index in [2.05, 4.69) is 39.0 Å². The number of aryl methyl sites for hydroxylation is 1. The van der Waals surface area contributed by atoms with Crippen LogP contribution in [0.25, 0.3) is 0 Å². The minimum atomic E-state index is -0.647. The van der Waals surface area contributed by atoms with Crippen molar-refractivity contribution in [2.75, 3.05) is 13.1 Å². The number of carboxylic acid groups (broad SMARTS) is 1. The van der Waals surface area contributed by atoms with Crippen molar-refractivity contribution in [1.82, 2.24) is 4.90 Å². The molecule has 1 aromatic carbocycles. The Labute approximate surface area is 115 Å². The average molecular weight is 310 g/mol. The molecule has 0 saturated carbocycles. The molecule has 0 bridgehead atoms. The number of carbonyl (C=O) groups is 1. The Kier molecular flexibility index (Phi) is 3.16. The Hall–Kier alpha value is -0.870. The highest BCUT2D eigenvalue weighted by molar-refractivity contribution is 9.10. The zero-order valence-corrected chi connectivity index (χ0v) is 11.7. The van der Waals surface area contributed by atoms with Gasteiger partial charge in [0.05, 0.1) is 5.92 Å². The smallest absolute Gasteiger partial charge is 0.309 e. The molecule has 0 spiro atoms. The molecule has 96 valence electrons. The van der Waals surface area contributed by atoms with Crippen LogP contribution in [0.5, 0.6) is 0 Å². The summed E-state index contributed by atoms with van der Waals surface area (Å²) in [4.78, 5) is 13.1. The number of benzene rings is 1. The number of likely N-dealkylation sites (tertiary alicyclic amines) is 1. The number of halogens is 1. The van der Waals surface area contributed by atoms with Crippen LogP contribution in [0, 0.1) is 5.92 Å². The SMILES string of the molecule is O=C(O)C1CN(C2CCc3cc(Br)ccc3C2)C1. The van der Waals surface area contributed by atoms with E-state index in [0.717, 1.165) is 36.8 Å². The summed E-state index contributed by atoms with van der Waals surface area (Å²) < 4.78 is 1.15. The molecule has 18 heavy (non-hydrogen) atoms. The van der Waals surface area contributed by atoms with Crippen molar-refractivity contribution < 1.29 is 9.90 Å². The molecule has 4 heteroatoms. The fourth-order valence-corrected chi connectivity index (χ4v) is 3.39. The predicted octanol–water partition coefficient (Wildman–Crippen LogP) is 2.32. The maximum Gasteiger partial charge on any atom is 0.309 e. The molecule has 1 aliphatic heterocycles. The second-order valence-corrected chi connectivity index (χ2v) is 6.21. The zero-order valence-electron chi connectivity index (χ0n) is 10.1. The van der Waals surface area contributed by atoms with E-state index in [-0.39, 0.29) is 5.92 Å². The molecule has 1 atom stereocenters. The van der Waals surface area contributed by atoms with E-state index < -0.39 is 5.97 Å². The van der Waals surface area contributed by atoms with Crippen LogP contribution < -0.4 is 0 Å². The molecule has 1 aliphatic carbocycles. The highest BCUT2D eigenvalue weighted by Gasteiger charge is 2.37. The molecule has 2 aliphatic rings. The topological polar surface area (TPSA) is 40.5 Å². The summed E-state index contributed by atoms with van der Waals surface area (Å²) in [6, 6.07) is 7.04. The maximum atomic E-state index is 10.8. The lowest BCUT2D eigenvalue weighted by atomic mass is 9.85. The van der Waals surface area contributed by atoms with E-state index in [1.54, 1.807) is 0 Å². The van der Waals surface area contributed by atoms with Gasteiger partial charge in [-0.25, -0.2) is 0 Å². The summed E-state index contributed by atoms with van der Waals surface area (Å²) in [5.41, 5.74) is 2.86. The van der Waals surface area contributed by atoms with Gasteiger partial charge in [0.1, 0.15) is 0 Å². The minimum Gasteiger partial charge on any atom is -0.481 e. The van der Waals surface area contributed by atoms with Crippen LogP contribution in [0.3, 0.4) is 0 Å². The minimum absolute atomic E-state index is 0.142. The molecule has 1 fully saturated rings. The van der Waals surface area contributed by atoms with E-state index in [4.69, 9.17) is 5.11 Å². The summed E-state index contributed by atoms with van der Waals surface area (Å²) >= 11 is 3.51. The Morgan fingerprint density at radius 3 is 2.83 bits per heavy atom. The molecular formula is C14H16BrNO2. The van der Waals surface area contributed by atoms with Gasteiger partial charge in [-0.2, -0.15) is 0 Å². The van der Waals surface area contributed by atoms with E-state index >= 15 is 0 Å². The Morgan fingerprint density at radius 1 is 1.33 bits per heavy atom. The number of hydrogen-bond donors (Lipinski definition) is 1. The summed E-state index contributed by atoms with van der Waals surface area (Å²) in [7, 11) is 0. The van der Waals surface area contributed by atoms with Gasteiger partial charge in [0.25, 0.3) is 0 Å². The molecule has 1 aromatic rings. The van der Waals surface area contributed by atoms with Crippen molar-refractivity contribution in [3.63, 3.8) is 0 Å². The lowest BCUT2D eigenvalue weighted by Crippen LogP contribution is -2.56. The van der Waals surface area contributed by atoms with Crippen molar-refractivity contribution in [3.8, 4) is 0 Å². The number of hydrogen-bond acceptors (Lipinski definition) is 2. The zero-order chi connectivity index (χ0) is 12.7. The summed E-state index contributed by atoms with van der Waals surface area (Å²) in [5.74, 6) is -0.789. The second kappa shape index (κ2) is 4.67. The van der Waals surface area contributed by atoms with E-state index in [9.17, 15) is 4.79 Å². The third kappa shape index (κ3) is 2.19. The van der Waals surface area contributed by atoms with Gasteiger partial charge in [0.15, 0.2) is 0 Å². The predicted molar refractivity (Wildman–Crippen MR) is 72.7 cm³/mol. The third-order valence-corrected chi connectivity index (χ3v) is 4.64. The first-order chi connectivity index (χ1) is 8.63. The number of fused-ring (bicyclic) bond motifs is 1. The molecule has 1 unspecified atom stereocenters. The van der Waals surface area contributed by atoms with Crippen LogP contribution in [0.2, 0.25) is 0 Å². The first-order valence-electron chi connectivity index (χ1n) is 6.37. The lowest BCUT2D eigenvalue weighted by molar-refractivity contribution is -0.148. The molecule has 0 amide bonds. The largest absolute Gasteiger partial charge is 0.481 e.